The Bertz CT molecular complexity index is 802. The van der Waals surface area contributed by atoms with E-state index < -0.39 is 5.97 Å². The largest absolute Gasteiger partial charge is 0.478 e. The van der Waals surface area contributed by atoms with Crippen molar-refractivity contribution < 1.29 is 14.7 Å². The molecule has 0 atom stereocenters. The maximum Gasteiger partial charge on any atom is 0.335 e. The number of carboxylic acids is 1. The summed E-state index contributed by atoms with van der Waals surface area (Å²) in [6, 6.07) is 14.7. The van der Waals surface area contributed by atoms with Crippen molar-refractivity contribution in [3.8, 4) is 0 Å². The third-order valence-corrected chi connectivity index (χ3v) is 4.57. The number of anilines is 3. The summed E-state index contributed by atoms with van der Waals surface area (Å²) in [7, 11) is 0. The fourth-order valence-corrected chi connectivity index (χ4v) is 3.20. The van der Waals surface area contributed by atoms with Gasteiger partial charge in [-0.1, -0.05) is 18.2 Å². The molecule has 0 bridgehead atoms. The summed E-state index contributed by atoms with van der Waals surface area (Å²) in [5, 5.41) is 14.8. The van der Waals surface area contributed by atoms with Crippen LogP contribution in [0.4, 0.5) is 21.9 Å². The van der Waals surface area contributed by atoms with Gasteiger partial charge in [0.1, 0.15) is 0 Å². The second-order valence-corrected chi connectivity index (χ2v) is 6.33. The van der Waals surface area contributed by atoms with Crippen molar-refractivity contribution in [2.75, 3.05) is 47.8 Å². The molecule has 2 aromatic rings. The molecular weight excluding hydrogens is 344 g/mol. The van der Waals surface area contributed by atoms with Gasteiger partial charge in [0.05, 0.1) is 16.9 Å². The van der Waals surface area contributed by atoms with Crippen molar-refractivity contribution in [1.29, 1.82) is 0 Å². The number of carboxylic acid groups (broad SMARTS) is 1. The summed E-state index contributed by atoms with van der Waals surface area (Å²) in [5.41, 5.74) is 2.72. The van der Waals surface area contributed by atoms with Crippen LogP contribution in [-0.4, -0.2) is 49.8 Å². The number of para-hydroxylation sites is 1. The normalized spacial score (nSPS) is 14.0. The molecule has 1 aliphatic rings. The van der Waals surface area contributed by atoms with E-state index in [1.807, 2.05) is 25.1 Å². The quantitative estimate of drug-likeness (QED) is 0.756. The summed E-state index contributed by atoms with van der Waals surface area (Å²) in [5.74, 6) is -0.983. The molecule has 2 aromatic carbocycles. The fourth-order valence-electron chi connectivity index (χ4n) is 3.20. The number of rotatable bonds is 5. The van der Waals surface area contributed by atoms with Gasteiger partial charge in [0.15, 0.2) is 0 Å². The molecule has 0 spiro atoms. The van der Waals surface area contributed by atoms with Crippen LogP contribution in [0.2, 0.25) is 0 Å². The number of aromatic carboxylic acids is 1. The molecule has 7 nitrogen and oxygen atoms in total. The van der Waals surface area contributed by atoms with Crippen molar-refractivity contribution in [1.82, 2.24) is 5.32 Å². The van der Waals surface area contributed by atoms with E-state index in [0.717, 1.165) is 31.9 Å². The first-order valence-corrected chi connectivity index (χ1v) is 9.05. The fraction of sp³-hybridized carbons (Fsp3) is 0.300. The maximum absolute atomic E-state index is 11.9. The summed E-state index contributed by atoms with van der Waals surface area (Å²) in [4.78, 5) is 27.7. The van der Waals surface area contributed by atoms with Crippen LogP contribution in [0.3, 0.4) is 0 Å². The lowest BCUT2D eigenvalue weighted by molar-refractivity contribution is 0.0697. The molecule has 1 aliphatic heterocycles. The van der Waals surface area contributed by atoms with Crippen LogP contribution in [-0.2, 0) is 0 Å². The van der Waals surface area contributed by atoms with E-state index in [0.29, 0.717) is 12.2 Å². The van der Waals surface area contributed by atoms with Crippen molar-refractivity contribution in [3.05, 3.63) is 54.1 Å². The van der Waals surface area contributed by atoms with Crippen molar-refractivity contribution in [2.24, 2.45) is 0 Å². The number of benzene rings is 2. The van der Waals surface area contributed by atoms with Gasteiger partial charge in [0.2, 0.25) is 0 Å². The van der Waals surface area contributed by atoms with Gasteiger partial charge in [-0.25, -0.2) is 9.59 Å². The predicted octanol–water partition coefficient (Wildman–Crippen LogP) is 2.85. The first-order valence-electron chi connectivity index (χ1n) is 9.05. The summed E-state index contributed by atoms with van der Waals surface area (Å²) < 4.78 is 0. The number of nitrogens with one attached hydrogen (secondary N) is 2. The van der Waals surface area contributed by atoms with Gasteiger partial charge in [0, 0.05) is 38.4 Å². The minimum absolute atomic E-state index is 0.205. The third kappa shape index (κ3) is 4.49. The van der Waals surface area contributed by atoms with E-state index in [2.05, 4.69) is 32.6 Å². The monoisotopic (exact) mass is 368 g/mol. The molecule has 0 unspecified atom stereocenters. The maximum atomic E-state index is 11.9. The molecule has 1 fully saturated rings. The molecule has 0 radical (unpaired) electrons. The van der Waals surface area contributed by atoms with Gasteiger partial charge in [-0.15, -0.1) is 0 Å². The second kappa shape index (κ2) is 8.44. The lowest BCUT2D eigenvalue weighted by atomic mass is 10.1. The van der Waals surface area contributed by atoms with Crippen molar-refractivity contribution in [2.45, 2.75) is 6.92 Å². The zero-order valence-corrected chi connectivity index (χ0v) is 15.3. The lowest BCUT2D eigenvalue weighted by Gasteiger charge is -2.38. The van der Waals surface area contributed by atoms with E-state index in [9.17, 15) is 14.7 Å². The topological polar surface area (TPSA) is 84.9 Å². The van der Waals surface area contributed by atoms with Gasteiger partial charge >= 0.3 is 12.0 Å². The third-order valence-electron chi connectivity index (χ3n) is 4.57. The van der Waals surface area contributed by atoms with Gasteiger partial charge in [0.25, 0.3) is 0 Å². The Morgan fingerprint density at radius 2 is 1.67 bits per heavy atom. The molecule has 0 aliphatic carbocycles. The van der Waals surface area contributed by atoms with E-state index in [-0.39, 0.29) is 11.6 Å². The van der Waals surface area contributed by atoms with E-state index >= 15 is 0 Å². The minimum atomic E-state index is -0.983. The van der Waals surface area contributed by atoms with E-state index in [1.165, 1.54) is 11.8 Å². The van der Waals surface area contributed by atoms with Gasteiger partial charge in [-0.05, 0) is 37.3 Å². The molecule has 142 valence electrons. The Morgan fingerprint density at radius 1 is 1.00 bits per heavy atom. The van der Waals surface area contributed by atoms with Gasteiger partial charge in [-0.3, -0.25) is 0 Å². The number of urea groups is 1. The highest BCUT2D eigenvalue weighted by Gasteiger charge is 2.21. The smallest absolute Gasteiger partial charge is 0.335 e. The highest BCUT2D eigenvalue weighted by Crippen LogP contribution is 2.29. The Kier molecular flexibility index (Phi) is 5.80. The SMILES string of the molecule is CCNC(=O)Nc1ccc(C(=O)O)cc1N1CCN(c2ccccc2)CC1. The first-order chi connectivity index (χ1) is 13.1. The predicted molar refractivity (Wildman–Crippen MR) is 107 cm³/mol. The second-order valence-electron chi connectivity index (χ2n) is 6.33. The summed E-state index contributed by atoms with van der Waals surface area (Å²) >= 11 is 0. The lowest BCUT2D eigenvalue weighted by Crippen LogP contribution is -2.47. The zero-order chi connectivity index (χ0) is 19.2. The van der Waals surface area contributed by atoms with Gasteiger partial charge < -0.3 is 25.5 Å². The number of hydrogen-bond donors (Lipinski definition) is 3. The van der Waals surface area contributed by atoms with Crippen LogP contribution in [0.25, 0.3) is 0 Å². The van der Waals surface area contributed by atoms with Crippen molar-refractivity contribution in [3.63, 3.8) is 0 Å². The van der Waals surface area contributed by atoms with Gasteiger partial charge in [-0.2, -0.15) is 0 Å². The minimum Gasteiger partial charge on any atom is -0.478 e. The highest BCUT2D eigenvalue weighted by atomic mass is 16.4. The Balaban J connectivity index is 1.78. The van der Waals surface area contributed by atoms with Crippen molar-refractivity contribution >= 4 is 29.1 Å². The first kappa shape index (κ1) is 18.6. The van der Waals surface area contributed by atoms with Crippen LogP contribution >= 0.6 is 0 Å². The number of nitrogens with zero attached hydrogens (tertiary/aromatic N) is 2. The molecule has 0 saturated carbocycles. The number of hydrogen-bond acceptors (Lipinski definition) is 4. The average molecular weight is 368 g/mol. The Labute approximate surface area is 158 Å². The molecule has 2 amide bonds. The van der Waals surface area contributed by atoms with Crippen LogP contribution in [0.5, 0.6) is 0 Å². The molecule has 7 heteroatoms. The highest BCUT2D eigenvalue weighted by molar-refractivity contribution is 5.96. The molecule has 27 heavy (non-hydrogen) atoms. The molecule has 3 N–H and O–H groups in total. The van der Waals surface area contributed by atoms with Crippen LogP contribution in [0.1, 0.15) is 17.3 Å². The Morgan fingerprint density at radius 3 is 2.30 bits per heavy atom. The number of amides is 2. The Hall–Kier alpha value is -3.22. The molecular formula is C20H24N4O3. The summed E-state index contributed by atoms with van der Waals surface area (Å²) in [6.45, 7) is 5.48. The molecule has 1 heterocycles. The summed E-state index contributed by atoms with van der Waals surface area (Å²) in [6.07, 6.45) is 0. The number of carbonyl (C=O) groups is 2. The number of piperazine rings is 1. The van der Waals surface area contributed by atoms with E-state index in [1.54, 1.807) is 12.1 Å². The molecule has 0 aromatic heterocycles. The van der Waals surface area contributed by atoms with Crippen LogP contribution in [0, 0.1) is 0 Å². The molecule has 3 rings (SSSR count). The number of carbonyl (C=O) groups excluding carboxylic acids is 1. The average Bonchev–Trinajstić information content (AvgIpc) is 2.69. The van der Waals surface area contributed by atoms with Crippen LogP contribution in [0.15, 0.2) is 48.5 Å². The van der Waals surface area contributed by atoms with Crippen LogP contribution < -0.4 is 20.4 Å². The van der Waals surface area contributed by atoms with E-state index in [4.69, 9.17) is 0 Å². The standard InChI is InChI=1S/C20H24N4O3/c1-2-21-20(27)22-17-9-8-15(19(25)26)14-18(17)24-12-10-23(11-13-24)16-6-4-3-5-7-16/h3-9,14H,2,10-13H2,1H3,(H,25,26)(H2,21,22,27). The molecule has 1 saturated heterocycles. The zero-order valence-electron chi connectivity index (χ0n) is 15.3.